The van der Waals surface area contributed by atoms with Crippen molar-refractivity contribution in [3.63, 3.8) is 0 Å². The first-order valence-corrected chi connectivity index (χ1v) is 8.46. The lowest BCUT2D eigenvalue weighted by molar-refractivity contribution is 0.110. The van der Waals surface area contributed by atoms with Crippen LogP contribution in [0.5, 0.6) is 0 Å². The molecule has 1 aromatic rings. The van der Waals surface area contributed by atoms with Gasteiger partial charge >= 0.3 is 0 Å². The lowest BCUT2D eigenvalue weighted by Crippen LogP contribution is -2.32. The van der Waals surface area contributed by atoms with E-state index in [1.807, 2.05) is 0 Å². The van der Waals surface area contributed by atoms with Crippen molar-refractivity contribution in [2.75, 3.05) is 20.1 Å². The number of nitrogens with zero attached hydrogens (tertiary/aromatic N) is 1. The fourth-order valence-corrected chi connectivity index (χ4v) is 4.59. The largest absolute Gasteiger partial charge is 0.387 e. The Morgan fingerprint density at radius 1 is 1.24 bits per heavy atom. The number of rotatable bonds is 5. The van der Waals surface area contributed by atoms with Crippen LogP contribution in [0, 0.1) is 31.6 Å². The summed E-state index contributed by atoms with van der Waals surface area (Å²) < 4.78 is 0. The zero-order valence-corrected chi connectivity index (χ0v) is 13.7. The maximum Gasteiger partial charge on any atom is 0.0919 e. The molecule has 0 aliphatic heterocycles. The lowest BCUT2D eigenvalue weighted by atomic mass is 9.88. The Balaban J connectivity index is 1.56. The van der Waals surface area contributed by atoms with Crippen LogP contribution in [0.25, 0.3) is 0 Å². The summed E-state index contributed by atoms with van der Waals surface area (Å²) in [5, 5.41) is 10.6. The molecule has 116 valence electrons. The maximum atomic E-state index is 10.6. The number of aliphatic hydroxyl groups excluding tert-OH is 1. The van der Waals surface area contributed by atoms with Gasteiger partial charge in [-0.05, 0) is 69.0 Å². The molecule has 2 nitrogen and oxygen atoms in total. The number of aryl methyl sites for hydroxylation is 2. The fraction of sp³-hybridized carbons (Fsp3) is 0.684. The van der Waals surface area contributed by atoms with Crippen molar-refractivity contribution in [3.8, 4) is 0 Å². The van der Waals surface area contributed by atoms with E-state index in [1.54, 1.807) is 0 Å². The molecule has 0 heterocycles. The molecule has 2 heteroatoms. The monoisotopic (exact) mass is 287 g/mol. The minimum absolute atomic E-state index is 0.367. The smallest absolute Gasteiger partial charge is 0.0919 e. The van der Waals surface area contributed by atoms with Gasteiger partial charge in [0.15, 0.2) is 0 Å². The minimum Gasteiger partial charge on any atom is -0.387 e. The summed E-state index contributed by atoms with van der Waals surface area (Å²) in [6.45, 7) is 6.09. The van der Waals surface area contributed by atoms with Gasteiger partial charge in [0.1, 0.15) is 0 Å². The predicted octanol–water partition coefficient (Wildman–Crippen LogP) is 3.70. The van der Waals surface area contributed by atoms with Crippen molar-refractivity contribution in [1.82, 2.24) is 4.90 Å². The highest BCUT2D eigenvalue weighted by atomic mass is 16.3. The summed E-state index contributed by atoms with van der Waals surface area (Å²) in [7, 11) is 2.17. The molecule has 1 N–H and O–H groups in total. The molecule has 2 bridgehead atoms. The molecule has 2 saturated carbocycles. The predicted molar refractivity (Wildman–Crippen MR) is 87.3 cm³/mol. The van der Waals surface area contributed by atoms with Crippen molar-refractivity contribution in [1.29, 1.82) is 0 Å². The Labute approximate surface area is 129 Å². The van der Waals surface area contributed by atoms with E-state index in [9.17, 15) is 5.11 Å². The number of benzene rings is 1. The van der Waals surface area contributed by atoms with Gasteiger partial charge in [0.05, 0.1) is 6.10 Å². The van der Waals surface area contributed by atoms with Crippen molar-refractivity contribution in [2.45, 2.75) is 45.6 Å². The topological polar surface area (TPSA) is 23.5 Å². The van der Waals surface area contributed by atoms with Crippen LogP contribution >= 0.6 is 0 Å². The third-order valence-corrected chi connectivity index (χ3v) is 5.71. The summed E-state index contributed by atoms with van der Waals surface area (Å²) in [5.41, 5.74) is 3.52. The van der Waals surface area contributed by atoms with E-state index >= 15 is 0 Å². The van der Waals surface area contributed by atoms with Gasteiger partial charge in [-0.25, -0.2) is 0 Å². The minimum atomic E-state index is -0.367. The Kier molecular flexibility index (Phi) is 4.37. The number of hydrogen-bond donors (Lipinski definition) is 1. The maximum absolute atomic E-state index is 10.6. The molecule has 2 aliphatic carbocycles. The van der Waals surface area contributed by atoms with E-state index in [2.05, 4.69) is 44.0 Å². The normalized spacial score (nSPS) is 29.3. The van der Waals surface area contributed by atoms with Crippen LogP contribution in [0.15, 0.2) is 18.2 Å². The average molecular weight is 287 g/mol. The second kappa shape index (κ2) is 6.10. The van der Waals surface area contributed by atoms with Crippen LogP contribution in [0.2, 0.25) is 0 Å². The first kappa shape index (κ1) is 15.1. The molecule has 0 spiro atoms. The molecule has 2 fully saturated rings. The van der Waals surface area contributed by atoms with Gasteiger partial charge in [-0.1, -0.05) is 30.2 Å². The Bertz CT molecular complexity index is 498. The molecular formula is C19H29NO. The van der Waals surface area contributed by atoms with Crippen LogP contribution in [-0.4, -0.2) is 30.1 Å². The molecule has 0 aromatic heterocycles. The molecular weight excluding hydrogens is 258 g/mol. The lowest BCUT2D eigenvalue weighted by Gasteiger charge is -2.29. The molecule has 2 aliphatic rings. The zero-order chi connectivity index (χ0) is 15.0. The van der Waals surface area contributed by atoms with E-state index in [0.29, 0.717) is 0 Å². The molecule has 4 unspecified atom stereocenters. The van der Waals surface area contributed by atoms with Crippen molar-refractivity contribution in [2.24, 2.45) is 17.8 Å². The molecule has 4 atom stereocenters. The highest BCUT2D eigenvalue weighted by Gasteiger charge is 2.39. The molecule has 0 amide bonds. The quantitative estimate of drug-likeness (QED) is 0.892. The SMILES string of the molecule is Cc1ccc(C)c(C(O)CN(C)CC2CC3CCC2C3)c1. The van der Waals surface area contributed by atoms with Gasteiger partial charge in [0.25, 0.3) is 0 Å². The molecule has 1 aromatic carbocycles. The molecule has 21 heavy (non-hydrogen) atoms. The van der Waals surface area contributed by atoms with E-state index in [0.717, 1.165) is 36.4 Å². The van der Waals surface area contributed by atoms with Crippen molar-refractivity contribution < 1.29 is 5.11 Å². The van der Waals surface area contributed by atoms with Crippen LogP contribution in [0.1, 0.15) is 48.5 Å². The van der Waals surface area contributed by atoms with Gasteiger partial charge in [-0.3, -0.25) is 0 Å². The van der Waals surface area contributed by atoms with E-state index < -0.39 is 0 Å². The third kappa shape index (κ3) is 3.32. The summed E-state index contributed by atoms with van der Waals surface area (Å²) in [4.78, 5) is 2.35. The second-order valence-electron chi connectivity index (χ2n) is 7.53. The second-order valence-corrected chi connectivity index (χ2v) is 7.53. The fourth-order valence-electron chi connectivity index (χ4n) is 4.59. The Morgan fingerprint density at radius 2 is 2.05 bits per heavy atom. The number of aliphatic hydroxyl groups is 1. The van der Waals surface area contributed by atoms with E-state index in [4.69, 9.17) is 0 Å². The summed E-state index contributed by atoms with van der Waals surface area (Å²) in [5.74, 6) is 2.85. The third-order valence-electron chi connectivity index (χ3n) is 5.71. The summed E-state index contributed by atoms with van der Waals surface area (Å²) in [6, 6.07) is 6.36. The van der Waals surface area contributed by atoms with Crippen LogP contribution in [0.3, 0.4) is 0 Å². The average Bonchev–Trinajstić information content (AvgIpc) is 3.03. The van der Waals surface area contributed by atoms with Crippen molar-refractivity contribution in [3.05, 3.63) is 34.9 Å². The molecule has 3 rings (SSSR count). The highest BCUT2D eigenvalue weighted by molar-refractivity contribution is 5.32. The van der Waals surface area contributed by atoms with Crippen LogP contribution < -0.4 is 0 Å². The summed E-state index contributed by atoms with van der Waals surface area (Å²) >= 11 is 0. The first-order valence-electron chi connectivity index (χ1n) is 8.46. The van der Waals surface area contributed by atoms with Gasteiger partial charge in [0, 0.05) is 13.1 Å². The summed E-state index contributed by atoms with van der Waals surface area (Å²) in [6.07, 6.45) is 5.44. The number of likely N-dealkylation sites (N-methyl/N-ethyl adjacent to an activating group) is 1. The molecule has 0 radical (unpaired) electrons. The number of fused-ring (bicyclic) bond motifs is 2. The highest BCUT2D eigenvalue weighted by Crippen LogP contribution is 2.48. The van der Waals surface area contributed by atoms with Crippen LogP contribution in [0.4, 0.5) is 0 Å². The van der Waals surface area contributed by atoms with E-state index in [-0.39, 0.29) is 6.10 Å². The first-order chi connectivity index (χ1) is 10.0. The van der Waals surface area contributed by atoms with Crippen LogP contribution in [-0.2, 0) is 0 Å². The van der Waals surface area contributed by atoms with Gasteiger partial charge in [0.2, 0.25) is 0 Å². The van der Waals surface area contributed by atoms with Gasteiger partial charge in [-0.15, -0.1) is 0 Å². The van der Waals surface area contributed by atoms with Crippen molar-refractivity contribution >= 4 is 0 Å². The molecule has 0 saturated heterocycles. The standard InChI is InChI=1S/C19H29NO/c1-13-4-5-14(2)18(8-13)19(21)12-20(3)11-17-10-15-6-7-16(17)9-15/h4-5,8,15-17,19,21H,6-7,9-12H2,1-3H3. The number of hydrogen-bond acceptors (Lipinski definition) is 2. The van der Waals surface area contributed by atoms with Gasteiger partial charge in [-0.2, -0.15) is 0 Å². The Hall–Kier alpha value is -0.860. The zero-order valence-electron chi connectivity index (χ0n) is 13.7. The van der Waals surface area contributed by atoms with E-state index in [1.165, 1.54) is 36.8 Å². The van der Waals surface area contributed by atoms with Gasteiger partial charge < -0.3 is 10.0 Å². The Morgan fingerprint density at radius 3 is 2.71 bits per heavy atom.